The monoisotopic (exact) mass is 1130 g/mol. The molecule has 0 aliphatic rings. The molecule has 0 rings (SSSR count). The van der Waals surface area contributed by atoms with Crippen molar-refractivity contribution in [3.05, 3.63) is 12.2 Å². The normalized spacial score (nSPS) is 12.5. The molecule has 2 atom stereocenters. The molecule has 0 aromatic carbocycles. The van der Waals surface area contributed by atoms with E-state index in [1.807, 2.05) is 6.08 Å². The summed E-state index contributed by atoms with van der Waals surface area (Å²) < 4.78 is 5.49. The minimum Gasteiger partial charge on any atom is -0.466 e. The van der Waals surface area contributed by atoms with Crippen LogP contribution in [0.5, 0.6) is 0 Å². The first-order valence-corrected chi connectivity index (χ1v) is 37.0. The number of ether oxygens (including phenoxy) is 1. The minimum absolute atomic E-state index is 0.0202. The van der Waals surface area contributed by atoms with Gasteiger partial charge < -0.3 is 20.3 Å². The van der Waals surface area contributed by atoms with Crippen molar-refractivity contribution in [3.8, 4) is 0 Å². The number of allylic oxidation sites excluding steroid dienone is 1. The van der Waals surface area contributed by atoms with Gasteiger partial charge in [-0.15, -0.1) is 0 Å². The molecule has 2 unspecified atom stereocenters. The molecule has 476 valence electrons. The number of aliphatic hydroxyl groups is 2. The van der Waals surface area contributed by atoms with E-state index in [2.05, 4.69) is 19.2 Å². The van der Waals surface area contributed by atoms with Crippen LogP contribution in [0.25, 0.3) is 0 Å². The second kappa shape index (κ2) is 70.1. The fourth-order valence-corrected chi connectivity index (χ4v) is 11.9. The third-order valence-corrected chi connectivity index (χ3v) is 17.6. The van der Waals surface area contributed by atoms with Gasteiger partial charge in [-0.1, -0.05) is 392 Å². The maximum Gasteiger partial charge on any atom is 0.305 e. The standard InChI is InChI=1S/C74H145NO5/c1-3-5-7-9-11-13-15-17-18-19-20-21-28-31-34-37-40-43-46-50-54-58-62-66-72(77)71(70-76)75-73(78)67-63-59-55-51-47-44-41-38-35-32-29-26-24-22-23-25-27-30-33-36-39-42-45-49-53-57-61-65-69-80-74(79)68-64-60-56-52-48-16-14-12-10-8-6-4-2/h62,66,71-72,76-77H,3-61,63-65,67-70H2,1-2H3,(H,75,78)/b66-62+. The van der Waals surface area contributed by atoms with Crippen LogP contribution in [0.4, 0.5) is 0 Å². The van der Waals surface area contributed by atoms with E-state index in [0.29, 0.717) is 19.4 Å². The number of hydrogen-bond acceptors (Lipinski definition) is 5. The summed E-state index contributed by atoms with van der Waals surface area (Å²) in [6, 6.07) is -0.626. The Hall–Kier alpha value is -1.40. The molecule has 0 aromatic heterocycles. The van der Waals surface area contributed by atoms with Crippen LogP contribution >= 0.6 is 0 Å². The van der Waals surface area contributed by atoms with Gasteiger partial charge in [0.15, 0.2) is 0 Å². The van der Waals surface area contributed by atoms with E-state index in [1.165, 1.54) is 360 Å². The molecule has 80 heavy (non-hydrogen) atoms. The van der Waals surface area contributed by atoms with Crippen LogP contribution in [-0.2, 0) is 14.3 Å². The van der Waals surface area contributed by atoms with Crippen LogP contribution in [0.15, 0.2) is 12.2 Å². The van der Waals surface area contributed by atoms with Crippen molar-refractivity contribution in [3.63, 3.8) is 0 Å². The van der Waals surface area contributed by atoms with Crippen molar-refractivity contribution in [2.75, 3.05) is 13.2 Å². The van der Waals surface area contributed by atoms with Gasteiger partial charge in [0.05, 0.1) is 25.4 Å². The Morgan fingerprint density at radius 1 is 0.338 bits per heavy atom. The number of aliphatic hydroxyl groups excluding tert-OH is 2. The molecular formula is C74H145NO5. The van der Waals surface area contributed by atoms with Crippen molar-refractivity contribution < 1.29 is 24.5 Å². The Labute approximate surface area is 501 Å². The van der Waals surface area contributed by atoms with E-state index < -0.39 is 12.1 Å². The van der Waals surface area contributed by atoms with Gasteiger partial charge in [-0.05, 0) is 32.1 Å². The van der Waals surface area contributed by atoms with Gasteiger partial charge in [-0.3, -0.25) is 9.59 Å². The average molecular weight is 1130 g/mol. The number of esters is 1. The van der Waals surface area contributed by atoms with E-state index in [4.69, 9.17) is 4.74 Å². The SMILES string of the molecule is CCCCCCCCCCCCCCCCCCCCCCC/C=C/C(O)C(CO)NC(=O)CCCCCCCCCCCCCCCCCCCCCCCCCCCCCCOC(=O)CCCCCCCCCCCCCC. The van der Waals surface area contributed by atoms with Crippen molar-refractivity contribution in [1.82, 2.24) is 5.32 Å². The highest BCUT2D eigenvalue weighted by atomic mass is 16.5. The lowest BCUT2D eigenvalue weighted by molar-refractivity contribution is -0.143. The van der Waals surface area contributed by atoms with E-state index >= 15 is 0 Å². The molecule has 6 heteroatoms. The van der Waals surface area contributed by atoms with Gasteiger partial charge in [0.25, 0.3) is 0 Å². The van der Waals surface area contributed by atoms with Gasteiger partial charge in [-0.2, -0.15) is 0 Å². The summed E-state index contributed by atoms with van der Waals surface area (Å²) in [5.74, 6) is -0.0394. The Balaban J connectivity index is 3.37. The molecule has 0 fully saturated rings. The van der Waals surface area contributed by atoms with Gasteiger partial charge in [0.1, 0.15) is 0 Å². The third kappa shape index (κ3) is 65.7. The molecule has 0 radical (unpaired) electrons. The molecule has 0 aromatic rings. The van der Waals surface area contributed by atoms with E-state index in [0.717, 1.165) is 38.5 Å². The van der Waals surface area contributed by atoms with Crippen LogP contribution in [0, 0.1) is 0 Å². The van der Waals surface area contributed by atoms with Crippen LogP contribution < -0.4 is 5.32 Å². The van der Waals surface area contributed by atoms with Crippen molar-refractivity contribution in [2.24, 2.45) is 0 Å². The number of nitrogens with one attached hydrogen (secondary N) is 1. The second-order valence-corrected chi connectivity index (χ2v) is 25.6. The average Bonchev–Trinajstić information content (AvgIpc) is 3.46. The number of amides is 1. The molecule has 0 heterocycles. The maximum atomic E-state index is 12.5. The molecule has 6 nitrogen and oxygen atoms in total. The Bertz CT molecular complexity index is 1210. The number of unbranched alkanes of at least 4 members (excludes halogenated alkanes) is 59. The summed E-state index contributed by atoms with van der Waals surface area (Å²) in [5.41, 5.74) is 0. The lowest BCUT2D eigenvalue weighted by Crippen LogP contribution is -2.45. The highest BCUT2D eigenvalue weighted by Gasteiger charge is 2.18. The van der Waals surface area contributed by atoms with Gasteiger partial charge >= 0.3 is 5.97 Å². The van der Waals surface area contributed by atoms with Gasteiger partial charge in [-0.25, -0.2) is 0 Å². The summed E-state index contributed by atoms with van der Waals surface area (Å²) in [5, 5.41) is 23.3. The molecule has 0 saturated carbocycles. The summed E-state index contributed by atoms with van der Waals surface area (Å²) in [6.07, 6.45) is 87.4. The van der Waals surface area contributed by atoms with Crippen molar-refractivity contribution in [2.45, 2.75) is 437 Å². The largest absolute Gasteiger partial charge is 0.466 e. The predicted molar refractivity (Wildman–Crippen MR) is 352 cm³/mol. The second-order valence-electron chi connectivity index (χ2n) is 25.6. The zero-order chi connectivity index (χ0) is 57.8. The van der Waals surface area contributed by atoms with Crippen LogP contribution in [0.2, 0.25) is 0 Å². The topological polar surface area (TPSA) is 95.9 Å². The summed E-state index contributed by atoms with van der Waals surface area (Å²) in [4.78, 5) is 24.6. The lowest BCUT2D eigenvalue weighted by Gasteiger charge is -2.20. The molecule has 3 N–H and O–H groups in total. The number of rotatable bonds is 70. The van der Waals surface area contributed by atoms with E-state index in [9.17, 15) is 19.8 Å². The summed E-state index contributed by atoms with van der Waals surface area (Å²) >= 11 is 0. The van der Waals surface area contributed by atoms with Crippen LogP contribution in [-0.4, -0.2) is 47.4 Å². The number of carbonyl (C=O) groups is 2. The molecular weight excluding hydrogens is 983 g/mol. The van der Waals surface area contributed by atoms with Crippen molar-refractivity contribution in [1.29, 1.82) is 0 Å². The first-order valence-electron chi connectivity index (χ1n) is 37.0. The van der Waals surface area contributed by atoms with E-state index in [-0.39, 0.29) is 18.5 Å². The Morgan fingerprint density at radius 3 is 0.850 bits per heavy atom. The van der Waals surface area contributed by atoms with Gasteiger partial charge in [0.2, 0.25) is 5.91 Å². The first-order chi connectivity index (χ1) is 39.5. The smallest absolute Gasteiger partial charge is 0.305 e. The van der Waals surface area contributed by atoms with Gasteiger partial charge in [0, 0.05) is 12.8 Å². The third-order valence-electron chi connectivity index (χ3n) is 17.6. The molecule has 1 amide bonds. The highest BCUT2D eigenvalue weighted by molar-refractivity contribution is 5.76. The van der Waals surface area contributed by atoms with Crippen molar-refractivity contribution >= 4 is 11.9 Å². The molecule has 0 bridgehead atoms. The van der Waals surface area contributed by atoms with Crippen LogP contribution in [0.1, 0.15) is 425 Å². The molecule has 0 spiro atoms. The zero-order valence-electron chi connectivity index (χ0n) is 54.6. The molecule has 0 aliphatic carbocycles. The fraction of sp³-hybridized carbons (Fsp3) is 0.946. The molecule has 0 aliphatic heterocycles. The Kier molecular flexibility index (Phi) is 68.9. The summed E-state index contributed by atoms with van der Waals surface area (Å²) in [6.45, 7) is 4.95. The van der Waals surface area contributed by atoms with E-state index in [1.54, 1.807) is 6.08 Å². The quantitative estimate of drug-likeness (QED) is 0.0320. The van der Waals surface area contributed by atoms with Crippen LogP contribution in [0.3, 0.4) is 0 Å². The number of carbonyl (C=O) groups excluding carboxylic acids is 2. The summed E-state index contributed by atoms with van der Waals surface area (Å²) in [7, 11) is 0. The zero-order valence-corrected chi connectivity index (χ0v) is 54.6. The number of hydrogen-bond donors (Lipinski definition) is 3. The Morgan fingerprint density at radius 2 is 0.575 bits per heavy atom. The predicted octanol–water partition coefficient (Wildman–Crippen LogP) is 23.9. The lowest BCUT2D eigenvalue weighted by atomic mass is 10.0. The maximum absolute atomic E-state index is 12.5. The highest BCUT2D eigenvalue weighted by Crippen LogP contribution is 2.20. The molecule has 0 saturated heterocycles. The fourth-order valence-electron chi connectivity index (χ4n) is 11.9. The first kappa shape index (κ1) is 78.6. The minimum atomic E-state index is -0.843.